The van der Waals surface area contributed by atoms with Crippen LogP contribution in [0.4, 0.5) is 0 Å². The molecule has 2 aromatic heterocycles. The second kappa shape index (κ2) is 7.22. The van der Waals surface area contributed by atoms with Crippen LogP contribution in [0, 0.1) is 0 Å². The molecule has 8 heteroatoms. The fraction of sp³-hybridized carbons (Fsp3) is 0.500. The molecule has 2 heterocycles. The highest BCUT2D eigenvalue weighted by Crippen LogP contribution is 2.26. The Balaban J connectivity index is 1.87. The summed E-state index contributed by atoms with van der Waals surface area (Å²) in [5.41, 5.74) is 0. The van der Waals surface area contributed by atoms with Gasteiger partial charge in [0.15, 0.2) is 0 Å². The summed E-state index contributed by atoms with van der Waals surface area (Å²) in [5, 5.41) is 18.0. The Bertz CT molecular complexity index is 484. The number of hydrogen-bond donors (Lipinski definition) is 1. The molecule has 0 fully saturated rings. The Kier molecular flexibility index (Phi) is 5.61. The first kappa shape index (κ1) is 14.0. The van der Waals surface area contributed by atoms with Gasteiger partial charge in [0.2, 0.25) is 5.16 Å². The van der Waals surface area contributed by atoms with E-state index in [1.807, 2.05) is 4.68 Å². The Morgan fingerprint density at radius 2 is 2.44 bits per heavy atom. The third kappa shape index (κ3) is 4.04. The fourth-order valence-electron chi connectivity index (χ4n) is 1.37. The fourth-order valence-corrected chi connectivity index (χ4v) is 3.78. The summed E-state index contributed by atoms with van der Waals surface area (Å²) in [6, 6.07) is 2.13. The first-order valence-electron chi connectivity index (χ1n) is 5.62. The molecule has 0 radical (unpaired) electrons. The third-order valence-corrected chi connectivity index (χ3v) is 5.10. The van der Waals surface area contributed by atoms with Gasteiger partial charge in [-0.3, -0.25) is 0 Å². The Hall–Kier alpha value is -0.440. The van der Waals surface area contributed by atoms with Gasteiger partial charge in [0.25, 0.3) is 0 Å². The number of likely N-dealkylation sites (N-methyl/N-ethyl adjacent to an activating group) is 1. The van der Waals surface area contributed by atoms with Gasteiger partial charge in [0.1, 0.15) is 0 Å². The number of thioether (sulfide) groups is 1. The smallest absolute Gasteiger partial charge is 0.209 e. The monoisotopic (exact) mass is 347 g/mol. The quantitative estimate of drug-likeness (QED) is 0.615. The molecule has 0 saturated heterocycles. The average molecular weight is 348 g/mol. The molecule has 0 aliphatic rings. The molecule has 0 aromatic carbocycles. The molecular formula is C10H14BrN5S2. The standard InChI is InChI=1S/C10H14BrN5S2/c1-2-12-3-4-16-10(13-14-15-16)18-7-9-5-8(11)6-17-9/h5-6,12H,2-4,7H2,1H3. The maximum atomic E-state index is 4.05. The summed E-state index contributed by atoms with van der Waals surface area (Å²) in [7, 11) is 0. The van der Waals surface area contributed by atoms with E-state index in [1.54, 1.807) is 23.1 Å². The van der Waals surface area contributed by atoms with Crippen molar-refractivity contribution in [3.05, 3.63) is 20.8 Å². The van der Waals surface area contributed by atoms with Crippen molar-refractivity contribution in [1.82, 2.24) is 25.5 Å². The van der Waals surface area contributed by atoms with Crippen LogP contribution in [-0.2, 0) is 12.3 Å². The number of halogens is 1. The maximum Gasteiger partial charge on any atom is 0.209 e. The van der Waals surface area contributed by atoms with Crippen LogP contribution in [0.5, 0.6) is 0 Å². The minimum atomic E-state index is 0.803. The second-order valence-corrected chi connectivity index (χ2v) is 6.41. The van der Waals surface area contributed by atoms with Crippen LogP contribution in [0.2, 0.25) is 0 Å². The predicted molar refractivity (Wildman–Crippen MR) is 77.9 cm³/mol. The zero-order chi connectivity index (χ0) is 12.8. The molecule has 2 rings (SSSR count). The van der Waals surface area contributed by atoms with Crippen molar-refractivity contribution in [3.8, 4) is 0 Å². The van der Waals surface area contributed by atoms with E-state index in [9.17, 15) is 0 Å². The average Bonchev–Trinajstić information content (AvgIpc) is 2.96. The van der Waals surface area contributed by atoms with Crippen LogP contribution in [0.15, 0.2) is 21.1 Å². The summed E-state index contributed by atoms with van der Waals surface area (Å²) in [4.78, 5) is 1.31. The van der Waals surface area contributed by atoms with Crippen molar-refractivity contribution in [3.63, 3.8) is 0 Å². The lowest BCUT2D eigenvalue weighted by Crippen LogP contribution is -2.20. The summed E-state index contributed by atoms with van der Waals surface area (Å²) < 4.78 is 2.98. The summed E-state index contributed by atoms with van der Waals surface area (Å²) >= 11 is 6.86. The van der Waals surface area contributed by atoms with E-state index in [0.717, 1.165) is 35.0 Å². The van der Waals surface area contributed by atoms with Gasteiger partial charge in [-0.1, -0.05) is 18.7 Å². The SMILES string of the molecule is CCNCCn1nnnc1SCc1cc(Br)cs1. The number of nitrogens with one attached hydrogen (secondary N) is 1. The lowest BCUT2D eigenvalue weighted by Gasteiger charge is -2.03. The zero-order valence-electron chi connectivity index (χ0n) is 9.97. The topological polar surface area (TPSA) is 55.6 Å². The van der Waals surface area contributed by atoms with E-state index in [0.29, 0.717) is 0 Å². The van der Waals surface area contributed by atoms with Crippen molar-refractivity contribution < 1.29 is 0 Å². The molecule has 5 nitrogen and oxygen atoms in total. The van der Waals surface area contributed by atoms with E-state index in [1.165, 1.54) is 4.88 Å². The highest BCUT2D eigenvalue weighted by Gasteiger charge is 2.07. The third-order valence-electron chi connectivity index (χ3n) is 2.21. The van der Waals surface area contributed by atoms with Crippen LogP contribution < -0.4 is 5.32 Å². The van der Waals surface area contributed by atoms with E-state index >= 15 is 0 Å². The molecule has 0 bridgehead atoms. The second-order valence-electron chi connectivity index (χ2n) is 3.56. The molecule has 1 N–H and O–H groups in total. The van der Waals surface area contributed by atoms with Gasteiger partial charge in [-0.05, 0) is 39.0 Å². The van der Waals surface area contributed by atoms with E-state index in [4.69, 9.17) is 0 Å². The van der Waals surface area contributed by atoms with Crippen LogP contribution in [-0.4, -0.2) is 33.3 Å². The van der Waals surface area contributed by atoms with Gasteiger partial charge in [0.05, 0.1) is 6.54 Å². The summed E-state index contributed by atoms with van der Waals surface area (Å²) in [5.74, 6) is 0.901. The largest absolute Gasteiger partial charge is 0.315 e. The van der Waals surface area contributed by atoms with Gasteiger partial charge in [-0.15, -0.1) is 16.4 Å². The van der Waals surface area contributed by atoms with Crippen LogP contribution in [0.3, 0.4) is 0 Å². The Morgan fingerprint density at radius 3 is 3.17 bits per heavy atom. The molecule has 0 atom stereocenters. The molecule has 0 unspecified atom stereocenters. The number of rotatable bonds is 7. The van der Waals surface area contributed by atoms with E-state index < -0.39 is 0 Å². The molecule has 98 valence electrons. The van der Waals surface area contributed by atoms with Crippen molar-refractivity contribution >= 4 is 39.0 Å². The van der Waals surface area contributed by atoms with Crippen LogP contribution in [0.1, 0.15) is 11.8 Å². The van der Waals surface area contributed by atoms with Gasteiger partial charge < -0.3 is 5.32 Å². The van der Waals surface area contributed by atoms with Crippen molar-refractivity contribution in [2.75, 3.05) is 13.1 Å². The van der Waals surface area contributed by atoms with E-state index in [2.05, 4.69) is 55.1 Å². The number of thiophene rings is 1. The molecule has 0 spiro atoms. The van der Waals surface area contributed by atoms with E-state index in [-0.39, 0.29) is 0 Å². The van der Waals surface area contributed by atoms with Gasteiger partial charge >= 0.3 is 0 Å². The highest BCUT2D eigenvalue weighted by molar-refractivity contribution is 9.10. The molecule has 18 heavy (non-hydrogen) atoms. The first-order valence-corrected chi connectivity index (χ1v) is 8.28. The maximum absolute atomic E-state index is 4.05. The number of aromatic nitrogens is 4. The lowest BCUT2D eigenvalue weighted by atomic mass is 10.5. The molecule has 0 amide bonds. The van der Waals surface area contributed by atoms with Crippen LogP contribution in [0.25, 0.3) is 0 Å². The predicted octanol–water partition coefficient (Wildman–Crippen LogP) is 2.40. The van der Waals surface area contributed by atoms with Gasteiger partial charge in [-0.25, -0.2) is 4.68 Å². The minimum absolute atomic E-state index is 0.803. The molecule has 0 aliphatic carbocycles. The van der Waals surface area contributed by atoms with Crippen molar-refractivity contribution in [1.29, 1.82) is 0 Å². The highest BCUT2D eigenvalue weighted by atomic mass is 79.9. The van der Waals surface area contributed by atoms with Gasteiger partial charge in [0, 0.05) is 27.0 Å². The molecule has 0 aliphatic heterocycles. The van der Waals surface area contributed by atoms with Crippen molar-refractivity contribution in [2.45, 2.75) is 24.4 Å². The minimum Gasteiger partial charge on any atom is -0.315 e. The summed E-state index contributed by atoms with van der Waals surface area (Å²) in [6.07, 6.45) is 0. The number of nitrogens with zero attached hydrogens (tertiary/aromatic N) is 4. The van der Waals surface area contributed by atoms with Gasteiger partial charge in [-0.2, -0.15) is 0 Å². The number of hydrogen-bond acceptors (Lipinski definition) is 6. The normalized spacial score (nSPS) is 11.0. The lowest BCUT2D eigenvalue weighted by molar-refractivity contribution is 0.517. The first-order chi connectivity index (χ1) is 8.79. The molecule has 2 aromatic rings. The van der Waals surface area contributed by atoms with Crippen molar-refractivity contribution in [2.24, 2.45) is 0 Å². The van der Waals surface area contributed by atoms with Crippen LogP contribution >= 0.6 is 39.0 Å². The summed E-state index contributed by atoms with van der Waals surface area (Å²) in [6.45, 7) is 4.74. The zero-order valence-corrected chi connectivity index (χ0v) is 13.2. The molecule has 0 saturated carbocycles. The Labute approximate surface area is 122 Å². The Morgan fingerprint density at radius 1 is 1.56 bits per heavy atom. The molecular weight excluding hydrogens is 334 g/mol. The number of tetrazole rings is 1.